The zero-order valence-corrected chi connectivity index (χ0v) is 32.5. The zero-order valence-electron chi connectivity index (χ0n) is 30.8. The summed E-state index contributed by atoms with van der Waals surface area (Å²) in [7, 11) is 0. The number of aromatic hydroxyl groups is 2. The minimum atomic E-state index is -0.136. The molecule has 3 rings (SSSR count). The van der Waals surface area contributed by atoms with Crippen molar-refractivity contribution < 1.29 is 10.2 Å². The fraction of sp³-hybridized carbons (Fsp3) is 0.619. The third-order valence-electron chi connectivity index (χ3n) is 8.30. The molecule has 0 radical (unpaired) electrons. The second-order valence-corrected chi connectivity index (χ2v) is 19.7. The van der Waals surface area contributed by atoms with Crippen molar-refractivity contribution in [2.45, 2.75) is 154 Å². The topological polar surface area (TPSA) is 40.5 Å². The predicted octanol–water partition coefficient (Wildman–Crippen LogP) is 11.7. The molecule has 0 spiro atoms. The lowest BCUT2D eigenvalue weighted by atomic mass is 9.84. The molecule has 1 aliphatic carbocycles. The van der Waals surface area contributed by atoms with Crippen LogP contribution in [0.4, 0.5) is 0 Å². The van der Waals surface area contributed by atoms with Gasteiger partial charge in [0.1, 0.15) is 11.5 Å². The van der Waals surface area contributed by atoms with Gasteiger partial charge < -0.3 is 10.2 Å². The zero-order chi connectivity index (χ0) is 34.5. The summed E-state index contributed by atoms with van der Waals surface area (Å²) in [5.41, 5.74) is 5.52. The first-order valence-electron chi connectivity index (χ1n) is 17.2. The van der Waals surface area contributed by atoms with Gasteiger partial charge in [-0.1, -0.05) is 103 Å². The Morgan fingerprint density at radius 2 is 0.913 bits per heavy atom. The number of phenolic OH excluding ortho intramolecular Hbond substituents is 2. The summed E-state index contributed by atoms with van der Waals surface area (Å²) in [6, 6.07) is 8.56. The summed E-state index contributed by atoms with van der Waals surface area (Å²) < 4.78 is 0. The highest BCUT2D eigenvalue weighted by Gasteiger charge is 2.27. The highest BCUT2D eigenvalue weighted by Crippen LogP contribution is 2.41. The van der Waals surface area contributed by atoms with E-state index in [-0.39, 0.29) is 21.7 Å². The smallest absolute Gasteiger partial charge is 0.135 e. The lowest BCUT2D eigenvalue weighted by molar-refractivity contribution is 0.466. The lowest BCUT2D eigenvalue weighted by Gasteiger charge is -2.29. The molecule has 0 heterocycles. The Kier molecular flexibility index (Phi) is 12.8. The number of thioether (sulfide) groups is 2. The van der Waals surface area contributed by atoms with Gasteiger partial charge in [-0.25, -0.2) is 0 Å². The van der Waals surface area contributed by atoms with Gasteiger partial charge >= 0.3 is 0 Å². The monoisotopic (exact) mass is 660 g/mol. The van der Waals surface area contributed by atoms with Crippen LogP contribution in [0.3, 0.4) is 0 Å². The van der Waals surface area contributed by atoms with Crippen LogP contribution < -0.4 is 0 Å². The molecule has 46 heavy (non-hydrogen) atoms. The van der Waals surface area contributed by atoms with E-state index in [1.807, 2.05) is 23.5 Å². The Morgan fingerprint density at radius 1 is 0.565 bits per heavy atom. The van der Waals surface area contributed by atoms with E-state index in [1.54, 1.807) is 0 Å². The molecule has 2 atom stereocenters. The van der Waals surface area contributed by atoms with Crippen molar-refractivity contribution in [2.24, 2.45) is 10.8 Å². The van der Waals surface area contributed by atoms with Crippen molar-refractivity contribution in [3.63, 3.8) is 0 Å². The van der Waals surface area contributed by atoms with Crippen LogP contribution in [0.2, 0.25) is 0 Å². The normalized spacial score (nSPS) is 18.1. The Morgan fingerprint density at radius 3 is 1.22 bits per heavy atom. The van der Waals surface area contributed by atoms with E-state index in [0.29, 0.717) is 22.0 Å². The number of hydrogen-bond donors (Lipinski definition) is 2. The van der Waals surface area contributed by atoms with Gasteiger partial charge in [0.15, 0.2) is 0 Å². The van der Waals surface area contributed by atoms with Gasteiger partial charge in [0.05, 0.1) is 11.1 Å². The van der Waals surface area contributed by atoms with Gasteiger partial charge in [0.2, 0.25) is 0 Å². The average Bonchev–Trinajstić information content (AvgIpc) is 2.90. The highest BCUT2D eigenvalue weighted by atomic mass is 32.2. The van der Waals surface area contributed by atoms with Crippen molar-refractivity contribution in [3.05, 3.63) is 57.6 Å². The second kappa shape index (κ2) is 15.4. The third kappa shape index (κ3) is 11.8. The van der Waals surface area contributed by atoms with Gasteiger partial charge in [-0.05, 0) is 88.5 Å². The fourth-order valence-electron chi connectivity index (χ4n) is 5.37. The summed E-state index contributed by atoms with van der Waals surface area (Å²) in [4.78, 5) is 0. The van der Waals surface area contributed by atoms with E-state index in [1.165, 1.54) is 49.7 Å². The van der Waals surface area contributed by atoms with E-state index >= 15 is 0 Å². The molecule has 252 valence electrons. The molecule has 2 nitrogen and oxygen atoms in total. The summed E-state index contributed by atoms with van der Waals surface area (Å²) in [6.45, 7) is 26.0. The van der Waals surface area contributed by atoms with Gasteiger partial charge in [-0.15, -0.1) is 0 Å². The Labute approximate surface area is 290 Å². The molecule has 1 fully saturated rings. The molecule has 2 aromatic rings. The van der Waals surface area contributed by atoms with Crippen LogP contribution in [-0.4, -0.2) is 20.7 Å². The molecule has 0 aliphatic heterocycles. The molecule has 0 saturated heterocycles. The minimum Gasteiger partial charge on any atom is -0.506 e. The van der Waals surface area contributed by atoms with Crippen LogP contribution in [0, 0.1) is 34.5 Å². The van der Waals surface area contributed by atoms with E-state index in [9.17, 15) is 10.2 Å². The molecule has 0 aromatic heterocycles. The molecular weight excluding hydrogens is 601 g/mol. The van der Waals surface area contributed by atoms with Crippen LogP contribution in [0.1, 0.15) is 155 Å². The van der Waals surface area contributed by atoms with E-state index < -0.39 is 0 Å². The molecule has 2 N–H and O–H groups in total. The van der Waals surface area contributed by atoms with Gasteiger partial charge in [0, 0.05) is 44.0 Å². The predicted molar refractivity (Wildman–Crippen MR) is 204 cm³/mol. The van der Waals surface area contributed by atoms with E-state index in [4.69, 9.17) is 0 Å². The first-order valence-corrected chi connectivity index (χ1v) is 19.3. The van der Waals surface area contributed by atoms with E-state index in [2.05, 4.69) is 131 Å². The number of benzene rings is 2. The lowest BCUT2D eigenvalue weighted by Crippen LogP contribution is -2.22. The van der Waals surface area contributed by atoms with Crippen LogP contribution in [-0.2, 0) is 22.3 Å². The highest BCUT2D eigenvalue weighted by molar-refractivity contribution is 8.03. The Balaban J connectivity index is 1.91. The van der Waals surface area contributed by atoms with Gasteiger partial charge in [-0.3, -0.25) is 0 Å². The first-order chi connectivity index (χ1) is 21.1. The van der Waals surface area contributed by atoms with E-state index in [0.717, 1.165) is 33.8 Å². The third-order valence-corrected chi connectivity index (χ3v) is 11.4. The average molecular weight is 661 g/mol. The quantitative estimate of drug-likeness (QED) is 0.303. The maximum atomic E-state index is 11.4. The minimum absolute atomic E-state index is 0.0381. The largest absolute Gasteiger partial charge is 0.506 e. The van der Waals surface area contributed by atoms with Crippen molar-refractivity contribution in [1.29, 1.82) is 0 Å². The number of hydrogen-bond acceptors (Lipinski definition) is 4. The maximum absolute atomic E-state index is 11.4. The van der Waals surface area contributed by atoms with Crippen LogP contribution in [0.5, 0.6) is 11.5 Å². The molecule has 0 bridgehead atoms. The van der Waals surface area contributed by atoms with Crippen molar-refractivity contribution in [2.75, 3.05) is 0 Å². The van der Waals surface area contributed by atoms with Crippen molar-refractivity contribution >= 4 is 23.5 Å². The molecular formula is C42H60O2S2. The van der Waals surface area contributed by atoms with Crippen LogP contribution >= 0.6 is 23.5 Å². The van der Waals surface area contributed by atoms with Crippen molar-refractivity contribution in [1.82, 2.24) is 0 Å². The number of phenols is 2. The summed E-state index contributed by atoms with van der Waals surface area (Å²) in [6.07, 6.45) is 7.40. The first kappa shape index (κ1) is 38.3. The fourth-order valence-corrected chi connectivity index (χ4v) is 8.43. The van der Waals surface area contributed by atoms with Crippen LogP contribution in [0.25, 0.3) is 0 Å². The molecule has 2 aromatic carbocycles. The molecule has 1 aliphatic rings. The molecule has 4 heteroatoms. The summed E-state index contributed by atoms with van der Waals surface area (Å²) in [5, 5.41) is 23.8. The standard InChI is InChI=1S/C42H60O2S2/c1-39(2,3)21-19-29-23-33(41(7,8)9)25-31(37(29)43)27-45-35-17-15-13-14-16-18-36(35)46-28-32-26-34(42(10,11)12)24-30(38(32)44)20-22-40(4,5)6/h23-26,35-36,43-44H,13-18,27-28H2,1-12H3/t35-,36-/m0/s1. The van der Waals surface area contributed by atoms with Gasteiger partial charge in [-0.2, -0.15) is 23.5 Å². The summed E-state index contributed by atoms with van der Waals surface area (Å²) in [5.74, 6) is 15.5. The Hall–Kier alpha value is -2.14. The van der Waals surface area contributed by atoms with Gasteiger partial charge in [0.25, 0.3) is 0 Å². The van der Waals surface area contributed by atoms with Crippen molar-refractivity contribution in [3.8, 4) is 35.2 Å². The van der Waals surface area contributed by atoms with Crippen LogP contribution in [0.15, 0.2) is 24.3 Å². The number of rotatable bonds is 6. The summed E-state index contributed by atoms with van der Waals surface area (Å²) >= 11 is 3.99. The maximum Gasteiger partial charge on any atom is 0.135 e. The molecule has 0 unspecified atom stereocenters. The SMILES string of the molecule is CC(C)(C)C#Cc1cc(C(C)(C)C)cc(CS[C@H]2CCCCCC[C@@H]2SCc2cc(C(C)(C)C)cc(C#CC(C)(C)C)c2O)c1O. The molecule has 1 saturated carbocycles. The Bertz CT molecular complexity index is 1350. The molecule has 0 amide bonds. The second-order valence-electron chi connectivity index (χ2n) is 17.3.